The Labute approximate surface area is 153 Å². The lowest BCUT2D eigenvalue weighted by molar-refractivity contribution is -0.114. The van der Waals surface area contributed by atoms with Gasteiger partial charge in [0.05, 0.1) is 11.9 Å². The van der Waals surface area contributed by atoms with E-state index >= 15 is 0 Å². The zero-order valence-corrected chi connectivity index (χ0v) is 16.1. The highest BCUT2D eigenvalue weighted by Crippen LogP contribution is 2.29. The maximum atomic E-state index is 13.5. The van der Waals surface area contributed by atoms with Gasteiger partial charge in [-0.25, -0.2) is 12.8 Å². The molecule has 0 spiro atoms. The fraction of sp³-hybridized carbons (Fsp3) is 0.316. The summed E-state index contributed by atoms with van der Waals surface area (Å²) in [5, 5.41) is 2.77. The normalized spacial score (nSPS) is 11.9. The zero-order valence-electron chi connectivity index (χ0n) is 15.3. The van der Waals surface area contributed by atoms with Crippen LogP contribution in [0.1, 0.15) is 26.3 Å². The lowest BCUT2D eigenvalue weighted by Gasteiger charge is -2.25. The van der Waals surface area contributed by atoms with Crippen molar-refractivity contribution in [1.29, 1.82) is 0 Å². The molecule has 0 aromatic heterocycles. The van der Waals surface area contributed by atoms with Gasteiger partial charge >= 0.3 is 0 Å². The number of benzene rings is 2. The summed E-state index contributed by atoms with van der Waals surface area (Å²) < 4.78 is 38.5. The molecule has 0 unspecified atom stereocenters. The molecule has 0 radical (unpaired) electrons. The van der Waals surface area contributed by atoms with E-state index in [1.807, 2.05) is 32.9 Å². The monoisotopic (exact) mass is 378 g/mol. The van der Waals surface area contributed by atoms with Gasteiger partial charge in [-0.2, -0.15) is 0 Å². The molecule has 0 heterocycles. The molecule has 0 bridgehead atoms. The Kier molecular flexibility index (Phi) is 5.71. The molecule has 0 aliphatic rings. The topological polar surface area (TPSA) is 66.5 Å². The average molecular weight is 378 g/mol. The summed E-state index contributed by atoms with van der Waals surface area (Å²) in [5.74, 6) is -1.08. The zero-order chi connectivity index (χ0) is 19.5. The van der Waals surface area contributed by atoms with E-state index in [1.165, 1.54) is 18.2 Å². The molecule has 1 amide bonds. The predicted octanol–water partition coefficient (Wildman–Crippen LogP) is 3.53. The summed E-state index contributed by atoms with van der Waals surface area (Å²) in [6, 6.07) is 12.5. The molecule has 140 valence electrons. The van der Waals surface area contributed by atoms with E-state index in [1.54, 1.807) is 12.1 Å². The molecule has 5 nitrogen and oxygen atoms in total. The minimum absolute atomic E-state index is 0.103. The number of para-hydroxylation sites is 1. The standard InChI is InChI=1S/C19H23FN2O3S/c1-19(2,3)16-10-5-6-11-17(16)21-18(23)13-22(26(4,24)25)15-9-7-8-14(20)12-15/h5-12H,13H2,1-4H3,(H,21,23). The number of amides is 1. The SMILES string of the molecule is CC(C)(C)c1ccccc1NC(=O)CN(c1cccc(F)c1)S(C)(=O)=O. The summed E-state index contributed by atoms with van der Waals surface area (Å²) in [5.41, 5.74) is 1.47. The van der Waals surface area contributed by atoms with Gasteiger partial charge in [0.1, 0.15) is 12.4 Å². The summed E-state index contributed by atoms with van der Waals surface area (Å²) in [6.07, 6.45) is 0.980. The van der Waals surface area contributed by atoms with Gasteiger partial charge in [0.2, 0.25) is 15.9 Å². The van der Waals surface area contributed by atoms with Crippen molar-refractivity contribution in [2.24, 2.45) is 0 Å². The van der Waals surface area contributed by atoms with Crippen LogP contribution in [0.5, 0.6) is 0 Å². The lowest BCUT2D eigenvalue weighted by atomic mass is 9.86. The number of halogens is 1. The number of sulfonamides is 1. The van der Waals surface area contributed by atoms with Gasteiger partial charge < -0.3 is 5.32 Å². The second-order valence-corrected chi connectivity index (χ2v) is 9.00. The van der Waals surface area contributed by atoms with Gasteiger partial charge in [0.25, 0.3) is 0 Å². The first kappa shape index (κ1) is 19.9. The molecule has 0 fully saturated rings. The minimum atomic E-state index is -3.75. The third-order valence-electron chi connectivity index (χ3n) is 3.79. The van der Waals surface area contributed by atoms with Crippen molar-refractivity contribution >= 4 is 27.3 Å². The molecule has 0 aliphatic heterocycles. The molecule has 26 heavy (non-hydrogen) atoms. The number of rotatable bonds is 5. The molecule has 0 saturated heterocycles. The molecule has 0 aliphatic carbocycles. The van der Waals surface area contributed by atoms with Crippen molar-refractivity contribution < 1.29 is 17.6 Å². The Morgan fingerprint density at radius 3 is 2.35 bits per heavy atom. The molecule has 0 atom stereocenters. The summed E-state index contributed by atoms with van der Waals surface area (Å²) in [7, 11) is -3.75. The Hall–Kier alpha value is -2.41. The molecular formula is C19H23FN2O3S. The van der Waals surface area contributed by atoms with E-state index in [0.717, 1.165) is 22.2 Å². The van der Waals surface area contributed by atoms with Gasteiger partial charge in [0, 0.05) is 5.69 Å². The van der Waals surface area contributed by atoms with Gasteiger partial charge in [-0.3, -0.25) is 9.10 Å². The van der Waals surface area contributed by atoms with E-state index in [0.29, 0.717) is 5.69 Å². The summed E-state index contributed by atoms with van der Waals surface area (Å²) >= 11 is 0. The van der Waals surface area contributed by atoms with Gasteiger partial charge in [-0.05, 0) is 35.2 Å². The number of hydrogen-bond acceptors (Lipinski definition) is 3. The largest absolute Gasteiger partial charge is 0.324 e. The van der Waals surface area contributed by atoms with Crippen LogP contribution in [-0.4, -0.2) is 27.1 Å². The summed E-state index contributed by atoms with van der Waals surface area (Å²) in [6.45, 7) is 5.62. The van der Waals surface area contributed by atoms with Gasteiger partial charge in [0.15, 0.2) is 0 Å². The molecule has 7 heteroatoms. The molecular weight excluding hydrogens is 355 g/mol. The third kappa shape index (κ3) is 5.05. The number of hydrogen-bond donors (Lipinski definition) is 1. The van der Waals surface area contributed by atoms with Crippen molar-refractivity contribution in [2.75, 3.05) is 22.4 Å². The number of carbonyl (C=O) groups is 1. The van der Waals surface area contributed by atoms with Crippen molar-refractivity contribution in [3.8, 4) is 0 Å². The van der Waals surface area contributed by atoms with Crippen LogP contribution in [0.2, 0.25) is 0 Å². The highest BCUT2D eigenvalue weighted by Gasteiger charge is 2.23. The van der Waals surface area contributed by atoms with Crippen molar-refractivity contribution in [1.82, 2.24) is 0 Å². The Morgan fingerprint density at radius 2 is 1.77 bits per heavy atom. The van der Waals surface area contributed by atoms with Gasteiger partial charge in [-0.1, -0.05) is 45.0 Å². The molecule has 0 saturated carbocycles. The average Bonchev–Trinajstić information content (AvgIpc) is 2.51. The van der Waals surface area contributed by atoms with E-state index in [-0.39, 0.29) is 11.1 Å². The molecule has 2 aromatic rings. The van der Waals surface area contributed by atoms with Crippen LogP contribution in [0.3, 0.4) is 0 Å². The molecule has 2 aromatic carbocycles. The highest BCUT2D eigenvalue weighted by atomic mass is 32.2. The maximum Gasteiger partial charge on any atom is 0.245 e. The number of anilines is 2. The number of nitrogens with one attached hydrogen (secondary N) is 1. The number of carbonyl (C=O) groups excluding carboxylic acids is 1. The first-order valence-electron chi connectivity index (χ1n) is 8.11. The van der Waals surface area contributed by atoms with E-state index in [4.69, 9.17) is 0 Å². The lowest BCUT2D eigenvalue weighted by Crippen LogP contribution is -2.37. The fourth-order valence-electron chi connectivity index (χ4n) is 2.60. The Morgan fingerprint density at radius 1 is 1.12 bits per heavy atom. The Balaban J connectivity index is 2.27. The third-order valence-corrected chi connectivity index (χ3v) is 4.93. The van der Waals surface area contributed by atoms with Crippen molar-refractivity contribution in [2.45, 2.75) is 26.2 Å². The van der Waals surface area contributed by atoms with Gasteiger partial charge in [-0.15, -0.1) is 0 Å². The summed E-state index contributed by atoms with van der Waals surface area (Å²) in [4.78, 5) is 12.5. The van der Waals surface area contributed by atoms with Crippen LogP contribution in [-0.2, 0) is 20.2 Å². The second-order valence-electron chi connectivity index (χ2n) is 7.09. The van der Waals surface area contributed by atoms with E-state index < -0.39 is 28.3 Å². The maximum absolute atomic E-state index is 13.5. The highest BCUT2D eigenvalue weighted by molar-refractivity contribution is 7.92. The number of nitrogens with zero attached hydrogens (tertiary/aromatic N) is 1. The van der Waals surface area contributed by atoms with Crippen LogP contribution < -0.4 is 9.62 Å². The Bertz CT molecular complexity index is 905. The minimum Gasteiger partial charge on any atom is -0.324 e. The molecule has 2 rings (SSSR count). The quantitative estimate of drug-likeness (QED) is 0.866. The van der Waals surface area contributed by atoms with E-state index in [9.17, 15) is 17.6 Å². The first-order chi connectivity index (χ1) is 12.0. The predicted molar refractivity (Wildman–Crippen MR) is 102 cm³/mol. The molecule has 1 N–H and O–H groups in total. The van der Waals surface area contributed by atoms with Crippen LogP contribution in [0.15, 0.2) is 48.5 Å². The smallest absolute Gasteiger partial charge is 0.245 e. The fourth-order valence-corrected chi connectivity index (χ4v) is 3.45. The van der Waals surface area contributed by atoms with Crippen LogP contribution in [0.25, 0.3) is 0 Å². The van der Waals surface area contributed by atoms with Crippen LogP contribution in [0, 0.1) is 5.82 Å². The van der Waals surface area contributed by atoms with Crippen LogP contribution in [0.4, 0.5) is 15.8 Å². The van der Waals surface area contributed by atoms with Crippen molar-refractivity contribution in [3.05, 3.63) is 59.9 Å². The van der Waals surface area contributed by atoms with E-state index in [2.05, 4.69) is 5.32 Å². The first-order valence-corrected chi connectivity index (χ1v) is 9.96. The van der Waals surface area contributed by atoms with Crippen LogP contribution >= 0.6 is 0 Å². The van der Waals surface area contributed by atoms with Crippen molar-refractivity contribution in [3.63, 3.8) is 0 Å². The second kappa shape index (κ2) is 7.45.